The summed E-state index contributed by atoms with van der Waals surface area (Å²) in [4.78, 5) is 0. The number of hydrogen-bond acceptors (Lipinski definition) is 2. The molecule has 0 bridgehead atoms. The van der Waals surface area contributed by atoms with Crippen molar-refractivity contribution in [1.82, 2.24) is 5.32 Å². The van der Waals surface area contributed by atoms with E-state index in [-0.39, 0.29) is 11.1 Å². The zero-order valence-corrected chi connectivity index (χ0v) is 12.0. The van der Waals surface area contributed by atoms with E-state index in [0.717, 1.165) is 11.3 Å². The van der Waals surface area contributed by atoms with E-state index in [4.69, 9.17) is 16.3 Å². The topological polar surface area (TPSA) is 21.3 Å². The molecular weight excluding hydrogens is 277 g/mol. The van der Waals surface area contributed by atoms with Gasteiger partial charge in [0.1, 0.15) is 18.2 Å². The minimum atomic E-state index is -0.393. The van der Waals surface area contributed by atoms with Gasteiger partial charge < -0.3 is 10.1 Å². The molecule has 20 heavy (non-hydrogen) atoms. The van der Waals surface area contributed by atoms with Gasteiger partial charge in [-0.05, 0) is 36.8 Å². The van der Waals surface area contributed by atoms with Gasteiger partial charge in [0.2, 0.25) is 0 Å². The smallest absolute Gasteiger partial charge is 0.141 e. The van der Waals surface area contributed by atoms with Crippen LogP contribution in [0, 0.1) is 5.82 Å². The number of benzene rings is 2. The number of ether oxygens (including phenoxy) is 1. The number of hydrogen-bond donors (Lipinski definition) is 1. The maximum absolute atomic E-state index is 13.1. The minimum Gasteiger partial charge on any atom is -0.492 e. The molecule has 2 rings (SSSR count). The predicted molar refractivity (Wildman–Crippen MR) is 79.8 cm³/mol. The summed E-state index contributed by atoms with van der Waals surface area (Å²) < 4.78 is 18.7. The Bertz CT molecular complexity index is 547. The van der Waals surface area contributed by atoms with Crippen molar-refractivity contribution in [2.75, 3.05) is 13.2 Å². The van der Waals surface area contributed by atoms with Crippen LogP contribution in [0.2, 0.25) is 5.02 Å². The summed E-state index contributed by atoms with van der Waals surface area (Å²) in [6.07, 6.45) is 0. The molecule has 0 fully saturated rings. The summed E-state index contributed by atoms with van der Waals surface area (Å²) >= 11 is 5.77. The molecule has 0 aliphatic carbocycles. The third-order valence-corrected chi connectivity index (χ3v) is 3.30. The zero-order chi connectivity index (χ0) is 14.4. The van der Waals surface area contributed by atoms with Crippen LogP contribution in [0.4, 0.5) is 4.39 Å². The number of rotatable bonds is 6. The third kappa shape index (κ3) is 4.22. The monoisotopic (exact) mass is 293 g/mol. The van der Waals surface area contributed by atoms with Crippen molar-refractivity contribution in [2.24, 2.45) is 0 Å². The Morgan fingerprint density at radius 3 is 2.65 bits per heavy atom. The van der Waals surface area contributed by atoms with Crippen molar-refractivity contribution in [1.29, 1.82) is 0 Å². The summed E-state index contributed by atoms with van der Waals surface area (Å²) in [6.45, 7) is 3.28. The van der Waals surface area contributed by atoms with Crippen molar-refractivity contribution in [3.05, 3.63) is 64.9 Å². The Labute approximate surface area is 123 Å². The highest BCUT2D eigenvalue weighted by Gasteiger charge is 2.07. The molecule has 1 unspecified atom stereocenters. The molecule has 0 aliphatic rings. The average molecular weight is 294 g/mol. The Morgan fingerprint density at radius 1 is 1.20 bits per heavy atom. The molecule has 2 aromatic rings. The lowest BCUT2D eigenvalue weighted by atomic mass is 10.1. The van der Waals surface area contributed by atoms with Crippen LogP contribution in [0.3, 0.4) is 0 Å². The fourth-order valence-electron chi connectivity index (χ4n) is 1.86. The highest BCUT2D eigenvalue weighted by molar-refractivity contribution is 6.30. The molecule has 0 aliphatic heterocycles. The minimum absolute atomic E-state index is 0.0903. The van der Waals surface area contributed by atoms with Crippen LogP contribution in [0.15, 0.2) is 48.5 Å². The Morgan fingerprint density at radius 2 is 1.95 bits per heavy atom. The van der Waals surface area contributed by atoms with E-state index in [1.165, 1.54) is 6.07 Å². The van der Waals surface area contributed by atoms with E-state index in [9.17, 15) is 4.39 Å². The molecule has 0 saturated heterocycles. The first-order valence-corrected chi connectivity index (χ1v) is 6.91. The summed E-state index contributed by atoms with van der Waals surface area (Å²) in [5, 5.41) is 3.46. The van der Waals surface area contributed by atoms with E-state index in [0.29, 0.717) is 13.2 Å². The van der Waals surface area contributed by atoms with Crippen molar-refractivity contribution in [3.8, 4) is 5.75 Å². The molecule has 2 aromatic carbocycles. The van der Waals surface area contributed by atoms with Crippen LogP contribution < -0.4 is 10.1 Å². The molecule has 1 N–H and O–H groups in total. The molecule has 2 nitrogen and oxygen atoms in total. The number of nitrogens with one attached hydrogen (secondary N) is 1. The van der Waals surface area contributed by atoms with Gasteiger partial charge >= 0.3 is 0 Å². The third-order valence-electron chi connectivity index (χ3n) is 3.01. The van der Waals surface area contributed by atoms with Gasteiger partial charge in [0.05, 0.1) is 5.02 Å². The van der Waals surface area contributed by atoms with Crippen molar-refractivity contribution >= 4 is 11.6 Å². The predicted octanol–water partition coefficient (Wildman–Crippen LogP) is 4.21. The molecule has 0 aromatic heterocycles. The van der Waals surface area contributed by atoms with Gasteiger partial charge in [0.25, 0.3) is 0 Å². The standard InChI is InChI=1S/C16H17ClFNO/c1-12(13-7-8-16(18)15(17)11-13)19-9-10-20-14-5-3-2-4-6-14/h2-8,11-12,19H,9-10H2,1H3. The van der Waals surface area contributed by atoms with E-state index in [1.54, 1.807) is 12.1 Å². The van der Waals surface area contributed by atoms with Gasteiger partial charge in [0.15, 0.2) is 0 Å². The second-order valence-corrected chi connectivity index (χ2v) is 4.92. The van der Waals surface area contributed by atoms with Crippen molar-refractivity contribution in [2.45, 2.75) is 13.0 Å². The van der Waals surface area contributed by atoms with Gasteiger partial charge in [-0.15, -0.1) is 0 Å². The van der Waals surface area contributed by atoms with Gasteiger partial charge in [-0.25, -0.2) is 4.39 Å². The highest BCUT2D eigenvalue weighted by atomic mass is 35.5. The first-order valence-electron chi connectivity index (χ1n) is 6.53. The molecule has 0 spiro atoms. The molecular formula is C16H17ClFNO. The van der Waals surface area contributed by atoms with E-state index in [1.807, 2.05) is 37.3 Å². The fraction of sp³-hybridized carbons (Fsp3) is 0.250. The molecule has 0 radical (unpaired) electrons. The van der Waals surface area contributed by atoms with E-state index < -0.39 is 5.82 Å². The molecule has 0 amide bonds. The SMILES string of the molecule is CC(NCCOc1ccccc1)c1ccc(F)c(Cl)c1. The van der Waals surface area contributed by atoms with Crippen LogP contribution in [0.1, 0.15) is 18.5 Å². The van der Waals surface area contributed by atoms with Crippen LogP contribution in [0.5, 0.6) is 5.75 Å². The zero-order valence-electron chi connectivity index (χ0n) is 11.3. The maximum Gasteiger partial charge on any atom is 0.141 e. The lowest BCUT2D eigenvalue weighted by Crippen LogP contribution is -2.24. The van der Waals surface area contributed by atoms with Crippen LogP contribution >= 0.6 is 11.6 Å². The van der Waals surface area contributed by atoms with E-state index in [2.05, 4.69) is 5.32 Å². The molecule has 0 heterocycles. The molecule has 0 saturated carbocycles. The normalized spacial score (nSPS) is 12.2. The van der Waals surface area contributed by atoms with Gasteiger partial charge in [-0.2, -0.15) is 0 Å². The van der Waals surface area contributed by atoms with Crippen molar-refractivity contribution < 1.29 is 9.13 Å². The van der Waals surface area contributed by atoms with Gasteiger partial charge in [0, 0.05) is 12.6 Å². The Balaban J connectivity index is 1.77. The quantitative estimate of drug-likeness (QED) is 0.806. The second kappa shape index (κ2) is 7.27. The molecule has 1 atom stereocenters. The highest BCUT2D eigenvalue weighted by Crippen LogP contribution is 2.20. The summed E-state index contributed by atoms with van der Waals surface area (Å²) in [5.74, 6) is 0.460. The first-order chi connectivity index (χ1) is 9.66. The lowest BCUT2D eigenvalue weighted by molar-refractivity contribution is 0.307. The first kappa shape index (κ1) is 14.8. The largest absolute Gasteiger partial charge is 0.492 e. The average Bonchev–Trinajstić information content (AvgIpc) is 2.47. The van der Waals surface area contributed by atoms with Crippen LogP contribution in [0.25, 0.3) is 0 Å². The fourth-order valence-corrected chi connectivity index (χ4v) is 2.05. The summed E-state index contributed by atoms with van der Waals surface area (Å²) in [7, 11) is 0. The van der Waals surface area contributed by atoms with E-state index >= 15 is 0 Å². The second-order valence-electron chi connectivity index (χ2n) is 4.51. The van der Waals surface area contributed by atoms with Crippen molar-refractivity contribution in [3.63, 3.8) is 0 Å². The maximum atomic E-state index is 13.1. The Hall–Kier alpha value is -1.58. The van der Waals surface area contributed by atoms with Gasteiger partial charge in [-0.3, -0.25) is 0 Å². The molecule has 106 valence electrons. The summed E-state index contributed by atoms with van der Waals surface area (Å²) in [5.41, 5.74) is 0.955. The number of para-hydroxylation sites is 1. The summed E-state index contributed by atoms with van der Waals surface area (Å²) in [6, 6.07) is 14.5. The van der Waals surface area contributed by atoms with Crippen LogP contribution in [-0.4, -0.2) is 13.2 Å². The van der Waals surface area contributed by atoms with Gasteiger partial charge in [-0.1, -0.05) is 35.9 Å². The number of halogens is 2. The lowest BCUT2D eigenvalue weighted by Gasteiger charge is -2.15. The molecule has 4 heteroatoms. The van der Waals surface area contributed by atoms with Crippen LogP contribution in [-0.2, 0) is 0 Å². The Kier molecular flexibility index (Phi) is 5.39.